The van der Waals surface area contributed by atoms with E-state index in [-0.39, 0.29) is 30.3 Å². The number of amides is 3. The minimum absolute atomic E-state index is 0.170. The summed E-state index contributed by atoms with van der Waals surface area (Å²) in [5, 5.41) is 8.20. The van der Waals surface area contributed by atoms with Crippen LogP contribution in [0.5, 0.6) is 11.6 Å². The molecule has 1 aliphatic rings. The normalized spacial score (nSPS) is 13.3. The number of anilines is 2. The third kappa shape index (κ3) is 4.78. The van der Waals surface area contributed by atoms with E-state index >= 15 is 0 Å². The first kappa shape index (κ1) is 20.7. The van der Waals surface area contributed by atoms with E-state index < -0.39 is 11.8 Å². The Kier molecular flexibility index (Phi) is 5.89. The molecule has 0 atom stereocenters. The van der Waals surface area contributed by atoms with Crippen LogP contribution in [0.25, 0.3) is 0 Å². The Labute approximate surface area is 183 Å². The molecule has 0 aliphatic carbocycles. The lowest BCUT2D eigenvalue weighted by atomic mass is 10.1. The van der Waals surface area contributed by atoms with E-state index in [9.17, 15) is 14.4 Å². The smallest absolute Gasteiger partial charge is 0.271 e. The van der Waals surface area contributed by atoms with Gasteiger partial charge in [-0.05, 0) is 36.4 Å². The van der Waals surface area contributed by atoms with Crippen LogP contribution in [0, 0.1) is 0 Å². The zero-order chi connectivity index (χ0) is 22.5. The fraction of sp³-hybridized carbons (Fsp3) is 0.0870. The Morgan fingerprint density at radius 3 is 2.53 bits per heavy atom. The van der Waals surface area contributed by atoms with Crippen molar-refractivity contribution in [2.24, 2.45) is 10.8 Å². The largest absolute Gasteiger partial charge is 0.439 e. The van der Waals surface area contributed by atoms with Crippen LogP contribution < -0.4 is 20.8 Å². The number of hydrogen-bond acceptors (Lipinski definition) is 6. The van der Waals surface area contributed by atoms with Crippen molar-refractivity contribution in [3.63, 3.8) is 0 Å². The lowest BCUT2D eigenvalue weighted by molar-refractivity contribution is -0.118. The Bertz CT molecular complexity index is 1190. The number of nitrogens with zero attached hydrogens (tertiary/aromatic N) is 3. The van der Waals surface area contributed by atoms with Crippen molar-refractivity contribution in [2.75, 3.05) is 10.3 Å². The number of pyridine rings is 1. The molecule has 3 aromatic rings. The molecular weight excluding hydrogens is 410 g/mol. The number of primary amides is 1. The summed E-state index contributed by atoms with van der Waals surface area (Å²) in [4.78, 5) is 40.3. The summed E-state index contributed by atoms with van der Waals surface area (Å²) in [5.74, 6) is -0.452. The van der Waals surface area contributed by atoms with Gasteiger partial charge in [0.2, 0.25) is 17.7 Å². The van der Waals surface area contributed by atoms with Gasteiger partial charge in [-0.1, -0.05) is 24.3 Å². The van der Waals surface area contributed by atoms with Crippen LogP contribution in [0.15, 0.2) is 78.0 Å². The van der Waals surface area contributed by atoms with Gasteiger partial charge in [-0.3, -0.25) is 14.4 Å². The first-order chi connectivity index (χ1) is 15.5. The number of hydrogen-bond donors (Lipinski definition) is 2. The number of para-hydroxylation sites is 1. The van der Waals surface area contributed by atoms with Crippen molar-refractivity contribution in [2.45, 2.75) is 12.8 Å². The Morgan fingerprint density at radius 1 is 1.00 bits per heavy atom. The van der Waals surface area contributed by atoms with E-state index in [0.717, 1.165) is 0 Å². The van der Waals surface area contributed by atoms with Gasteiger partial charge < -0.3 is 15.8 Å². The van der Waals surface area contributed by atoms with Crippen LogP contribution in [0.1, 0.15) is 23.2 Å². The highest BCUT2D eigenvalue weighted by molar-refractivity contribution is 6.44. The second-order valence-electron chi connectivity index (χ2n) is 6.92. The first-order valence-electron chi connectivity index (χ1n) is 9.80. The van der Waals surface area contributed by atoms with E-state index in [2.05, 4.69) is 15.4 Å². The van der Waals surface area contributed by atoms with Gasteiger partial charge in [0.1, 0.15) is 11.5 Å². The molecule has 2 heterocycles. The number of ether oxygens (including phenoxy) is 1. The second-order valence-corrected chi connectivity index (χ2v) is 6.92. The van der Waals surface area contributed by atoms with Crippen LogP contribution in [0.4, 0.5) is 11.4 Å². The molecule has 0 saturated carbocycles. The maximum Gasteiger partial charge on any atom is 0.271 e. The predicted octanol–water partition coefficient (Wildman–Crippen LogP) is 3.09. The average molecular weight is 429 g/mol. The molecule has 0 radical (unpaired) electrons. The number of rotatable bonds is 6. The molecule has 4 rings (SSSR count). The number of aromatic nitrogens is 1. The van der Waals surface area contributed by atoms with Crippen molar-refractivity contribution in [3.8, 4) is 11.6 Å². The van der Waals surface area contributed by atoms with Gasteiger partial charge in [-0.25, -0.2) is 9.99 Å². The molecule has 3 amide bonds. The van der Waals surface area contributed by atoms with E-state index in [4.69, 9.17) is 10.5 Å². The summed E-state index contributed by atoms with van der Waals surface area (Å²) in [6, 6.07) is 18.6. The van der Waals surface area contributed by atoms with Crippen LogP contribution >= 0.6 is 0 Å². The number of benzene rings is 2. The molecule has 160 valence electrons. The van der Waals surface area contributed by atoms with E-state index in [1.54, 1.807) is 54.6 Å². The quantitative estimate of drug-likeness (QED) is 0.622. The van der Waals surface area contributed by atoms with Crippen LogP contribution in [0.2, 0.25) is 0 Å². The van der Waals surface area contributed by atoms with Crippen molar-refractivity contribution in [1.29, 1.82) is 0 Å². The third-order valence-electron chi connectivity index (χ3n) is 4.63. The summed E-state index contributed by atoms with van der Waals surface area (Å²) >= 11 is 0. The van der Waals surface area contributed by atoms with Gasteiger partial charge in [-0.15, -0.1) is 0 Å². The van der Waals surface area contributed by atoms with Crippen molar-refractivity contribution in [3.05, 3.63) is 78.5 Å². The maximum absolute atomic E-state index is 12.6. The number of nitrogens with two attached hydrogens (primary N) is 1. The van der Waals surface area contributed by atoms with Crippen LogP contribution in [0.3, 0.4) is 0 Å². The molecule has 0 saturated heterocycles. The molecule has 0 unspecified atom stereocenters. The van der Waals surface area contributed by atoms with Gasteiger partial charge in [-0.2, -0.15) is 5.10 Å². The summed E-state index contributed by atoms with van der Waals surface area (Å²) in [6.07, 6.45) is 1.88. The van der Waals surface area contributed by atoms with Gasteiger partial charge in [0.25, 0.3) is 5.91 Å². The van der Waals surface area contributed by atoms with Crippen molar-refractivity contribution < 1.29 is 19.1 Å². The molecule has 32 heavy (non-hydrogen) atoms. The molecule has 0 fully saturated rings. The number of hydrazone groups is 1. The van der Waals surface area contributed by atoms with Crippen LogP contribution in [-0.4, -0.2) is 28.4 Å². The van der Waals surface area contributed by atoms with E-state index in [1.807, 2.05) is 6.07 Å². The van der Waals surface area contributed by atoms with E-state index in [0.29, 0.717) is 22.7 Å². The fourth-order valence-electron chi connectivity index (χ4n) is 3.04. The molecule has 0 spiro atoms. The topological polar surface area (TPSA) is 127 Å². The molecule has 1 aromatic heterocycles. The Balaban J connectivity index is 1.43. The number of carbonyl (C=O) groups excluding carboxylic acids is 3. The SMILES string of the molecule is NC(=O)c1cccc(Oc2ccc(NC(=O)C3=NN(c4ccccc4)C(=O)CC3)cn2)c1. The minimum atomic E-state index is -0.556. The molecule has 3 N–H and O–H groups in total. The summed E-state index contributed by atoms with van der Waals surface area (Å²) in [6.45, 7) is 0. The van der Waals surface area contributed by atoms with Gasteiger partial charge >= 0.3 is 0 Å². The second kappa shape index (κ2) is 9.09. The average Bonchev–Trinajstić information content (AvgIpc) is 2.81. The highest BCUT2D eigenvalue weighted by Gasteiger charge is 2.25. The molecule has 2 aromatic carbocycles. The Morgan fingerprint density at radius 2 is 1.81 bits per heavy atom. The lowest BCUT2D eigenvalue weighted by Crippen LogP contribution is -2.36. The van der Waals surface area contributed by atoms with Gasteiger partial charge in [0.05, 0.1) is 17.6 Å². The fourth-order valence-corrected chi connectivity index (χ4v) is 3.04. The van der Waals surface area contributed by atoms with E-state index in [1.165, 1.54) is 17.3 Å². The molecule has 1 aliphatic heterocycles. The summed E-state index contributed by atoms with van der Waals surface area (Å²) in [7, 11) is 0. The predicted molar refractivity (Wildman–Crippen MR) is 118 cm³/mol. The van der Waals surface area contributed by atoms with Gasteiger partial charge in [0, 0.05) is 24.5 Å². The van der Waals surface area contributed by atoms with Gasteiger partial charge in [0.15, 0.2) is 0 Å². The molecule has 0 bridgehead atoms. The third-order valence-corrected chi connectivity index (χ3v) is 4.63. The highest BCUT2D eigenvalue weighted by atomic mass is 16.5. The highest BCUT2D eigenvalue weighted by Crippen LogP contribution is 2.23. The summed E-state index contributed by atoms with van der Waals surface area (Å²) in [5.41, 5.74) is 6.89. The first-order valence-corrected chi connectivity index (χ1v) is 9.80. The standard InChI is InChI=1S/C23H19N5O4/c24-22(30)15-5-4-8-18(13-15)32-20-11-9-16(14-25-20)26-23(31)19-10-12-21(29)28(27-19)17-6-2-1-3-7-17/h1-9,11,13-14H,10,12H2,(H2,24,30)(H,26,31). The summed E-state index contributed by atoms with van der Waals surface area (Å²) < 4.78 is 5.62. The number of carbonyl (C=O) groups is 3. The van der Waals surface area contributed by atoms with Crippen LogP contribution in [-0.2, 0) is 9.59 Å². The minimum Gasteiger partial charge on any atom is -0.439 e. The zero-order valence-corrected chi connectivity index (χ0v) is 16.9. The zero-order valence-electron chi connectivity index (χ0n) is 16.9. The number of nitrogens with one attached hydrogen (secondary N) is 1. The monoisotopic (exact) mass is 429 g/mol. The van der Waals surface area contributed by atoms with Crippen molar-refractivity contribution in [1.82, 2.24) is 4.98 Å². The molecule has 9 heteroatoms. The molecule has 9 nitrogen and oxygen atoms in total. The maximum atomic E-state index is 12.6. The molecular formula is C23H19N5O4. The van der Waals surface area contributed by atoms with Crippen molar-refractivity contribution >= 4 is 34.8 Å². The Hall–Kier alpha value is -4.53. The lowest BCUT2D eigenvalue weighted by Gasteiger charge is -2.23.